The molecular formula is C21H45O2P. The summed E-state index contributed by atoms with van der Waals surface area (Å²) < 4.78 is 6.69. The second-order valence-corrected chi connectivity index (χ2v) is 14.5. The van der Waals surface area contributed by atoms with Crippen LogP contribution in [0.25, 0.3) is 0 Å². The van der Waals surface area contributed by atoms with E-state index in [4.69, 9.17) is 4.52 Å². The van der Waals surface area contributed by atoms with Gasteiger partial charge in [-0.3, -0.25) is 0 Å². The Bertz CT molecular complexity index is 314. The fourth-order valence-corrected chi connectivity index (χ4v) is 10.4. The van der Waals surface area contributed by atoms with Gasteiger partial charge >= 0.3 is 152 Å². The van der Waals surface area contributed by atoms with Gasteiger partial charge in [-0.15, -0.1) is 0 Å². The van der Waals surface area contributed by atoms with Gasteiger partial charge in [0.05, 0.1) is 0 Å². The van der Waals surface area contributed by atoms with Gasteiger partial charge in [0.1, 0.15) is 0 Å². The van der Waals surface area contributed by atoms with Crippen LogP contribution in [0, 0.1) is 5.41 Å². The van der Waals surface area contributed by atoms with Gasteiger partial charge in [0.25, 0.3) is 0 Å². The molecule has 0 radical (unpaired) electrons. The second-order valence-electron chi connectivity index (χ2n) is 8.80. The first-order valence-electron chi connectivity index (χ1n) is 10.4. The molecule has 0 rings (SSSR count). The van der Waals surface area contributed by atoms with E-state index in [-0.39, 0.29) is 5.97 Å². The van der Waals surface area contributed by atoms with Crippen molar-refractivity contribution in [3.63, 3.8) is 0 Å². The van der Waals surface area contributed by atoms with Crippen molar-refractivity contribution in [2.24, 2.45) is 5.41 Å². The van der Waals surface area contributed by atoms with E-state index in [1.54, 1.807) is 0 Å². The summed E-state index contributed by atoms with van der Waals surface area (Å²) in [5.74, 6) is 0.0413. The number of carbonyl (C=O) groups excluding carboxylic acids is 1. The average Bonchev–Trinajstić information content (AvgIpc) is 2.54. The molecule has 146 valence electrons. The molecule has 3 heteroatoms. The molecule has 0 aliphatic rings. The SMILES string of the molecule is CCCCP(CCCC)(CCCC)(CCCC)OC(=O)C(C)(C)C. The van der Waals surface area contributed by atoms with Crippen LogP contribution in [-0.4, -0.2) is 30.6 Å². The Morgan fingerprint density at radius 2 is 1.00 bits per heavy atom. The Morgan fingerprint density at radius 3 is 1.21 bits per heavy atom. The van der Waals surface area contributed by atoms with Crippen molar-refractivity contribution >= 4 is 12.8 Å². The van der Waals surface area contributed by atoms with Crippen LogP contribution >= 0.6 is 6.83 Å². The Morgan fingerprint density at radius 1 is 0.708 bits per heavy atom. The number of hydrogen-bond donors (Lipinski definition) is 0. The molecule has 0 unspecified atom stereocenters. The standard InChI is InChI=1S/C21H45O2P/c1-8-12-16-24(17-13-9-2,18-14-10-3,19-15-11-4)23-20(22)21(5,6)7/h8-19H2,1-7H3. The van der Waals surface area contributed by atoms with Crippen molar-refractivity contribution in [2.75, 3.05) is 24.6 Å². The number of rotatable bonds is 13. The topological polar surface area (TPSA) is 26.3 Å². The summed E-state index contributed by atoms with van der Waals surface area (Å²) in [4.78, 5) is 12.9. The van der Waals surface area contributed by atoms with Gasteiger partial charge in [-0.2, -0.15) is 0 Å². The van der Waals surface area contributed by atoms with Crippen LogP contribution in [0.15, 0.2) is 0 Å². The summed E-state index contributed by atoms with van der Waals surface area (Å²) in [6.07, 6.45) is 14.2. The predicted molar refractivity (Wildman–Crippen MR) is 112 cm³/mol. The van der Waals surface area contributed by atoms with Crippen LogP contribution in [0.5, 0.6) is 0 Å². The Kier molecular flexibility index (Phi) is 10.7. The van der Waals surface area contributed by atoms with E-state index >= 15 is 0 Å². The molecule has 2 nitrogen and oxygen atoms in total. The molecule has 0 saturated carbocycles. The fraction of sp³-hybridized carbons (Fsp3) is 0.952. The van der Waals surface area contributed by atoms with E-state index in [1.165, 1.54) is 51.4 Å². The number of carbonyl (C=O) groups is 1. The summed E-state index contributed by atoms with van der Waals surface area (Å²) in [7, 11) is 0. The predicted octanol–water partition coefficient (Wildman–Crippen LogP) is 7.24. The first-order chi connectivity index (χ1) is 11.2. The third-order valence-electron chi connectivity index (χ3n) is 5.26. The van der Waals surface area contributed by atoms with E-state index in [1.807, 2.05) is 20.8 Å². The maximum atomic E-state index is 12.9. The van der Waals surface area contributed by atoms with Crippen molar-refractivity contribution in [3.8, 4) is 0 Å². The molecule has 0 aromatic heterocycles. The van der Waals surface area contributed by atoms with Crippen molar-refractivity contribution in [1.82, 2.24) is 0 Å². The third-order valence-corrected chi connectivity index (χ3v) is 11.7. The van der Waals surface area contributed by atoms with Gasteiger partial charge in [0.2, 0.25) is 0 Å². The number of unbranched alkanes of at least 4 members (excludes halogenated alkanes) is 4. The first kappa shape index (κ1) is 23.9. The minimum absolute atomic E-state index is 0.0413. The van der Waals surface area contributed by atoms with E-state index in [2.05, 4.69) is 27.7 Å². The summed E-state index contributed by atoms with van der Waals surface area (Å²) >= 11 is 0. The Labute approximate surface area is 152 Å². The van der Waals surface area contributed by atoms with Crippen LogP contribution in [0.3, 0.4) is 0 Å². The van der Waals surface area contributed by atoms with Crippen LogP contribution in [0.1, 0.15) is 99.8 Å². The van der Waals surface area contributed by atoms with Gasteiger partial charge in [-0.05, 0) is 0 Å². The first-order valence-corrected chi connectivity index (χ1v) is 13.3. The van der Waals surface area contributed by atoms with E-state index in [0.717, 1.165) is 24.6 Å². The van der Waals surface area contributed by atoms with Gasteiger partial charge in [-0.1, -0.05) is 0 Å². The quantitative estimate of drug-likeness (QED) is 0.323. The zero-order valence-electron chi connectivity index (χ0n) is 17.7. The van der Waals surface area contributed by atoms with E-state index < -0.39 is 12.2 Å². The molecule has 0 atom stereocenters. The van der Waals surface area contributed by atoms with Crippen molar-refractivity contribution in [1.29, 1.82) is 0 Å². The molecule has 0 spiro atoms. The summed E-state index contributed by atoms with van der Waals surface area (Å²) in [5, 5.41) is 0. The van der Waals surface area contributed by atoms with Crippen LogP contribution in [-0.2, 0) is 9.32 Å². The molecular weight excluding hydrogens is 315 g/mol. The Balaban J connectivity index is 5.86. The third kappa shape index (κ3) is 7.42. The summed E-state index contributed by atoms with van der Waals surface area (Å²) in [5.41, 5.74) is -0.403. The zero-order valence-corrected chi connectivity index (χ0v) is 18.6. The molecule has 0 heterocycles. The molecule has 0 aliphatic carbocycles. The minimum atomic E-state index is -2.45. The second kappa shape index (κ2) is 10.8. The van der Waals surface area contributed by atoms with Crippen molar-refractivity contribution < 1.29 is 9.32 Å². The molecule has 0 aromatic carbocycles. The zero-order chi connectivity index (χ0) is 18.7. The Hall–Kier alpha value is -0.100. The van der Waals surface area contributed by atoms with Gasteiger partial charge < -0.3 is 0 Å². The van der Waals surface area contributed by atoms with Gasteiger partial charge in [0.15, 0.2) is 0 Å². The molecule has 0 aliphatic heterocycles. The molecule has 0 N–H and O–H groups in total. The number of hydrogen-bond acceptors (Lipinski definition) is 2. The summed E-state index contributed by atoms with van der Waals surface area (Å²) in [6.45, 7) is 12.6. The summed E-state index contributed by atoms with van der Waals surface area (Å²) in [6, 6.07) is 0. The molecule has 24 heavy (non-hydrogen) atoms. The van der Waals surface area contributed by atoms with E-state index in [0.29, 0.717) is 0 Å². The maximum absolute atomic E-state index is 12.9. The normalized spacial score (nSPS) is 14.2. The van der Waals surface area contributed by atoms with Gasteiger partial charge in [-0.25, -0.2) is 0 Å². The fourth-order valence-electron chi connectivity index (χ4n) is 3.46. The molecule has 0 amide bonds. The van der Waals surface area contributed by atoms with Crippen LogP contribution < -0.4 is 0 Å². The van der Waals surface area contributed by atoms with Crippen molar-refractivity contribution in [2.45, 2.75) is 99.8 Å². The van der Waals surface area contributed by atoms with Crippen LogP contribution in [0.4, 0.5) is 0 Å². The van der Waals surface area contributed by atoms with E-state index in [9.17, 15) is 4.79 Å². The molecule has 0 aromatic rings. The molecule has 0 fully saturated rings. The van der Waals surface area contributed by atoms with Crippen molar-refractivity contribution in [3.05, 3.63) is 0 Å². The van der Waals surface area contributed by atoms with Crippen LogP contribution in [0.2, 0.25) is 0 Å². The molecule has 0 bridgehead atoms. The average molecular weight is 361 g/mol. The molecule has 0 saturated heterocycles. The van der Waals surface area contributed by atoms with Gasteiger partial charge in [0, 0.05) is 0 Å². The monoisotopic (exact) mass is 360 g/mol.